The lowest BCUT2D eigenvalue weighted by molar-refractivity contribution is 0.0526. The maximum absolute atomic E-state index is 11.8. The van der Waals surface area contributed by atoms with Gasteiger partial charge in [-0.1, -0.05) is 6.07 Å². The molecule has 110 valence electrons. The summed E-state index contributed by atoms with van der Waals surface area (Å²) in [6.07, 6.45) is 0.445. The van der Waals surface area contributed by atoms with Crippen molar-refractivity contribution >= 4 is 28.8 Å². The second kappa shape index (κ2) is 7.59. The van der Waals surface area contributed by atoms with Gasteiger partial charge >= 0.3 is 5.97 Å². The van der Waals surface area contributed by atoms with Crippen LogP contribution in [0.4, 0.5) is 5.69 Å². The third-order valence-electron chi connectivity index (χ3n) is 2.87. The van der Waals surface area contributed by atoms with Crippen molar-refractivity contribution in [1.29, 1.82) is 0 Å². The lowest BCUT2D eigenvalue weighted by Gasteiger charge is -2.06. The standard InChI is InChI=1S/C16H17NO3S/c1-2-20-16(19)12-5-7-13(8-6-12)17-10-9-14(18)15-4-3-11-21-15/h3-8,11,17H,2,9-10H2,1H3. The largest absolute Gasteiger partial charge is 0.462 e. The van der Waals surface area contributed by atoms with Gasteiger partial charge < -0.3 is 10.1 Å². The van der Waals surface area contributed by atoms with E-state index in [1.54, 1.807) is 19.1 Å². The second-order valence-electron chi connectivity index (χ2n) is 4.38. The third-order valence-corrected chi connectivity index (χ3v) is 3.78. The number of Topliss-reactive ketones (excluding diaryl/α,β-unsaturated/α-hetero) is 1. The van der Waals surface area contributed by atoms with Gasteiger partial charge in [-0.25, -0.2) is 4.79 Å². The highest BCUT2D eigenvalue weighted by molar-refractivity contribution is 7.12. The molecule has 4 nitrogen and oxygen atoms in total. The Labute approximate surface area is 127 Å². The van der Waals surface area contributed by atoms with E-state index in [0.717, 1.165) is 10.6 Å². The average Bonchev–Trinajstić information content (AvgIpc) is 3.02. The van der Waals surface area contributed by atoms with Gasteiger partial charge in [0.05, 0.1) is 17.0 Å². The molecule has 0 fully saturated rings. The molecule has 0 aliphatic carbocycles. The summed E-state index contributed by atoms with van der Waals surface area (Å²) in [5, 5.41) is 5.06. The van der Waals surface area contributed by atoms with Crippen molar-refractivity contribution in [3.8, 4) is 0 Å². The molecule has 0 radical (unpaired) electrons. The molecule has 0 saturated carbocycles. The summed E-state index contributed by atoms with van der Waals surface area (Å²) in [4.78, 5) is 24.1. The number of nitrogens with one attached hydrogen (secondary N) is 1. The van der Waals surface area contributed by atoms with Crippen LogP contribution in [-0.2, 0) is 4.74 Å². The highest BCUT2D eigenvalue weighted by Gasteiger charge is 2.07. The zero-order valence-corrected chi connectivity index (χ0v) is 12.6. The number of rotatable bonds is 7. The van der Waals surface area contributed by atoms with Crippen LogP contribution in [0.5, 0.6) is 0 Å². The lowest BCUT2D eigenvalue weighted by Crippen LogP contribution is -2.08. The van der Waals surface area contributed by atoms with E-state index in [9.17, 15) is 9.59 Å². The Balaban J connectivity index is 1.81. The summed E-state index contributed by atoms with van der Waals surface area (Å²) < 4.78 is 4.92. The van der Waals surface area contributed by atoms with Gasteiger partial charge in [0.25, 0.3) is 0 Å². The highest BCUT2D eigenvalue weighted by atomic mass is 32.1. The minimum absolute atomic E-state index is 0.139. The maximum atomic E-state index is 11.8. The number of carbonyl (C=O) groups excluding carboxylic acids is 2. The van der Waals surface area contributed by atoms with Gasteiger partial charge in [-0.2, -0.15) is 0 Å². The molecule has 21 heavy (non-hydrogen) atoms. The summed E-state index contributed by atoms with van der Waals surface area (Å²) in [7, 11) is 0. The Morgan fingerprint density at radius 1 is 1.19 bits per heavy atom. The topological polar surface area (TPSA) is 55.4 Å². The van der Waals surface area contributed by atoms with Crippen molar-refractivity contribution in [2.75, 3.05) is 18.5 Å². The number of thiophene rings is 1. The van der Waals surface area contributed by atoms with Crippen molar-refractivity contribution in [3.63, 3.8) is 0 Å². The molecule has 2 aromatic rings. The Morgan fingerprint density at radius 3 is 2.57 bits per heavy atom. The molecule has 2 rings (SSSR count). The summed E-state index contributed by atoms with van der Waals surface area (Å²) in [6.45, 7) is 2.71. The van der Waals surface area contributed by atoms with Crippen LogP contribution in [0, 0.1) is 0 Å². The minimum Gasteiger partial charge on any atom is -0.462 e. The number of hydrogen-bond donors (Lipinski definition) is 1. The molecule has 1 aromatic carbocycles. The smallest absolute Gasteiger partial charge is 0.338 e. The van der Waals surface area contributed by atoms with Crippen LogP contribution in [0.2, 0.25) is 0 Å². The molecule has 0 saturated heterocycles. The third kappa shape index (κ3) is 4.43. The zero-order chi connectivity index (χ0) is 15.1. The van der Waals surface area contributed by atoms with E-state index in [-0.39, 0.29) is 11.8 Å². The molecular weight excluding hydrogens is 286 g/mol. The Hall–Kier alpha value is -2.14. The van der Waals surface area contributed by atoms with Crippen molar-refractivity contribution in [2.45, 2.75) is 13.3 Å². The molecule has 0 spiro atoms. The minimum atomic E-state index is -0.322. The van der Waals surface area contributed by atoms with Gasteiger partial charge in [0, 0.05) is 18.7 Å². The zero-order valence-electron chi connectivity index (χ0n) is 11.8. The van der Waals surface area contributed by atoms with Gasteiger partial charge in [-0.05, 0) is 42.6 Å². The quantitative estimate of drug-likeness (QED) is 0.627. The van der Waals surface area contributed by atoms with Crippen molar-refractivity contribution < 1.29 is 14.3 Å². The second-order valence-corrected chi connectivity index (χ2v) is 5.32. The van der Waals surface area contributed by atoms with Crippen LogP contribution in [-0.4, -0.2) is 24.9 Å². The van der Waals surface area contributed by atoms with Crippen LogP contribution in [0.25, 0.3) is 0 Å². The van der Waals surface area contributed by atoms with E-state index >= 15 is 0 Å². The first kappa shape index (κ1) is 15.3. The Kier molecular flexibility index (Phi) is 5.51. The number of ketones is 1. The van der Waals surface area contributed by atoms with Crippen LogP contribution in [0.15, 0.2) is 41.8 Å². The number of esters is 1. The highest BCUT2D eigenvalue weighted by Crippen LogP contribution is 2.13. The number of carbonyl (C=O) groups is 2. The molecule has 1 N–H and O–H groups in total. The molecule has 0 amide bonds. The van der Waals surface area contributed by atoms with Crippen LogP contribution < -0.4 is 5.32 Å². The van der Waals surface area contributed by atoms with Crippen molar-refractivity contribution in [3.05, 3.63) is 52.2 Å². The Morgan fingerprint density at radius 2 is 1.95 bits per heavy atom. The molecule has 0 atom stereocenters. The predicted molar refractivity (Wildman–Crippen MR) is 84.2 cm³/mol. The fraction of sp³-hybridized carbons (Fsp3) is 0.250. The van der Waals surface area contributed by atoms with E-state index in [0.29, 0.717) is 25.1 Å². The summed E-state index contributed by atoms with van der Waals surface area (Å²) >= 11 is 1.46. The van der Waals surface area contributed by atoms with Gasteiger partial charge in [0.1, 0.15) is 0 Å². The number of anilines is 1. The number of ether oxygens (including phenoxy) is 1. The molecule has 0 unspecified atom stereocenters. The molecular formula is C16H17NO3S. The Bertz CT molecular complexity index is 590. The fourth-order valence-electron chi connectivity index (χ4n) is 1.82. The molecule has 5 heteroatoms. The van der Waals surface area contributed by atoms with Gasteiger partial charge in [0.15, 0.2) is 5.78 Å². The van der Waals surface area contributed by atoms with Gasteiger partial charge in [-0.3, -0.25) is 4.79 Å². The molecule has 0 aliphatic heterocycles. The normalized spacial score (nSPS) is 10.1. The van der Waals surface area contributed by atoms with Gasteiger partial charge in [0.2, 0.25) is 0 Å². The summed E-state index contributed by atoms with van der Waals surface area (Å²) in [6, 6.07) is 10.7. The molecule has 0 bridgehead atoms. The van der Waals surface area contributed by atoms with E-state index in [1.165, 1.54) is 11.3 Å². The fourth-order valence-corrected chi connectivity index (χ4v) is 2.51. The first-order valence-electron chi connectivity index (χ1n) is 6.78. The van der Waals surface area contributed by atoms with E-state index < -0.39 is 0 Å². The summed E-state index contributed by atoms with van der Waals surface area (Å²) in [5.74, 6) is -0.183. The number of benzene rings is 1. The van der Waals surface area contributed by atoms with Crippen LogP contribution in [0.3, 0.4) is 0 Å². The molecule has 1 heterocycles. The lowest BCUT2D eigenvalue weighted by atomic mass is 10.2. The number of hydrogen-bond acceptors (Lipinski definition) is 5. The first-order chi connectivity index (χ1) is 10.2. The van der Waals surface area contributed by atoms with E-state index in [2.05, 4.69) is 5.32 Å². The van der Waals surface area contributed by atoms with Crippen molar-refractivity contribution in [1.82, 2.24) is 0 Å². The first-order valence-corrected chi connectivity index (χ1v) is 7.66. The monoisotopic (exact) mass is 303 g/mol. The van der Waals surface area contributed by atoms with E-state index in [4.69, 9.17) is 4.74 Å². The predicted octanol–water partition coefficient (Wildman–Crippen LogP) is 3.61. The van der Waals surface area contributed by atoms with E-state index in [1.807, 2.05) is 29.6 Å². The van der Waals surface area contributed by atoms with Gasteiger partial charge in [-0.15, -0.1) is 11.3 Å². The maximum Gasteiger partial charge on any atom is 0.338 e. The van der Waals surface area contributed by atoms with Crippen LogP contribution >= 0.6 is 11.3 Å². The molecule has 0 aliphatic rings. The average molecular weight is 303 g/mol. The summed E-state index contributed by atoms with van der Waals surface area (Å²) in [5.41, 5.74) is 1.40. The van der Waals surface area contributed by atoms with Crippen molar-refractivity contribution in [2.24, 2.45) is 0 Å². The SMILES string of the molecule is CCOC(=O)c1ccc(NCCC(=O)c2cccs2)cc1. The molecule has 1 aromatic heterocycles. The van der Waals surface area contributed by atoms with Crippen LogP contribution in [0.1, 0.15) is 33.4 Å².